The van der Waals surface area contributed by atoms with Crippen LogP contribution in [0.5, 0.6) is 5.75 Å². The van der Waals surface area contributed by atoms with Crippen LogP contribution >= 0.6 is 0 Å². The SMILES string of the molecule is Cc1cc(OCCCC2CCN(c3ccc(C(C)(C)C)cn3)CC2)ccc1C=O. The van der Waals surface area contributed by atoms with Crippen LogP contribution < -0.4 is 9.64 Å². The molecule has 0 amide bonds. The van der Waals surface area contributed by atoms with Gasteiger partial charge >= 0.3 is 0 Å². The molecule has 4 nitrogen and oxygen atoms in total. The lowest BCUT2D eigenvalue weighted by Gasteiger charge is -2.33. The van der Waals surface area contributed by atoms with E-state index in [0.29, 0.717) is 0 Å². The van der Waals surface area contributed by atoms with Crippen LogP contribution in [-0.4, -0.2) is 31.0 Å². The van der Waals surface area contributed by atoms with Gasteiger partial charge in [0.05, 0.1) is 6.61 Å². The molecule has 0 atom stereocenters. The Morgan fingerprint density at radius 3 is 2.52 bits per heavy atom. The second-order valence-electron chi connectivity index (χ2n) is 9.21. The van der Waals surface area contributed by atoms with E-state index in [1.807, 2.05) is 31.3 Å². The molecule has 0 radical (unpaired) electrons. The van der Waals surface area contributed by atoms with Gasteiger partial charge < -0.3 is 9.64 Å². The first-order valence-corrected chi connectivity index (χ1v) is 10.8. The van der Waals surface area contributed by atoms with E-state index in [-0.39, 0.29) is 5.41 Å². The van der Waals surface area contributed by atoms with Crippen LogP contribution in [0.3, 0.4) is 0 Å². The van der Waals surface area contributed by atoms with Crippen LogP contribution in [0, 0.1) is 12.8 Å². The summed E-state index contributed by atoms with van der Waals surface area (Å²) < 4.78 is 5.87. The van der Waals surface area contributed by atoms with Crippen molar-refractivity contribution in [3.8, 4) is 5.75 Å². The van der Waals surface area contributed by atoms with Crippen molar-refractivity contribution in [3.05, 3.63) is 53.2 Å². The Bertz CT molecular complexity index is 801. The highest BCUT2D eigenvalue weighted by Crippen LogP contribution is 2.27. The maximum absolute atomic E-state index is 10.9. The van der Waals surface area contributed by atoms with Crippen molar-refractivity contribution >= 4 is 12.1 Å². The molecule has 0 spiro atoms. The van der Waals surface area contributed by atoms with Crippen LogP contribution in [0.4, 0.5) is 5.82 Å². The van der Waals surface area contributed by atoms with Gasteiger partial charge in [-0.2, -0.15) is 0 Å². The molecule has 3 rings (SSSR count). The van der Waals surface area contributed by atoms with Crippen LogP contribution in [0.25, 0.3) is 0 Å². The summed E-state index contributed by atoms with van der Waals surface area (Å²) >= 11 is 0. The van der Waals surface area contributed by atoms with Gasteiger partial charge in [-0.15, -0.1) is 0 Å². The lowest BCUT2D eigenvalue weighted by molar-refractivity contribution is 0.112. The van der Waals surface area contributed by atoms with E-state index >= 15 is 0 Å². The maximum Gasteiger partial charge on any atom is 0.150 e. The normalized spacial score (nSPS) is 15.4. The van der Waals surface area contributed by atoms with E-state index in [1.54, 1.807) is 0 Å². The number of rotatable bonds is 7. The van der Waals surface area contributed by atoms with Gasteiger partial charge in [-0.05, 0) is 79.3 Å². The summed E-state index contributed by atoms with van der Waals surface area (Å²) in [6.45, 7) is 11.5. The second-order valence-corrected chi connectivity index (χ2v) is 9.21. The molecule has 1 fully saturated rings. The molecule has 1 aromatic heterocycles. The summed E-state index contributed by atoms with van der Waals surface area (Å²) in [6, 6.07) is 10.0. The molecule has 1 aliphatic rings. The van der Waals surface area contributed by atoms with Crippen molar-refractivity contribution < 1.29 is 9.53 Å². The van der Waals surface area contributed by atoms with Crippen LogP contribution in [-0.2, 0) is 5.41 Å². The highest BCUT2D eigenvalue weighted by atomic mass is 16.5. The summed E-state index contributed by atoms with van der Waals surface area (Å²) in [5, 5.41) is 0. The average Bonchev–Trinajstić information content (AvgIpc) is 2.71. The van der Waals surface area contributed by atoms with Gasteiger partial charge in [0.25, 0.3) is 0 Å². The lowest BCUT2D eigenvalue weighted by atomic mass is 9.88. The quantitative estimate of drug-likeness (QED) is 0.454. The monoisotopic (exact) mass is 394 g/mol. The van der Waals surface area contributed by atoms with Gasteiger partial charge in [-0.3, -0.25) is 4.79 Å². The first-order valence-electron chi connectivity index (χ1n) is 10.8. The van der Waals surface area contributed by atoms with Crippen LogP contribution in [0.15, 0.2) is 36.5 Å². The van der Waals surface area contributed by atoms with Gasteiger partial charge in [0.15, 0.2) is 0 Å². The number of ether oxygens (including phenoxy) is 1. The van der Waals surface area contributed by atoms with Gasteiger partial charge in [0.2, 0.25) is 0 Å². The molecule has 0 N–H and O–H groups in total. The van der Waals surface area contributed by atoms with Crippen LogP contribution in [0.2, 0.25) is 0 Å². The Hall–Kier alpha value is -2.36. The van der Waals surface area contributed by atoms with Gasteiger partial charge in [0.1, 0.15) is 17.9 Å². The average molecular weight is 395 g/mol. The number of carbonyl (C=O) groups excluding carboxylic acids is 1. The Balaban J connectivity index is 1.39. The molecule has 0 saturated carbocycles. The molecular weight excluding hydrogens is 360 g/mol. The number of anilines is 1. The zero-order valence-electron chi connectivity index (χ0n) is 18.3. The third-order valence-electron chi connectivity index (χ3n) is 5.95. The number of piperidine rings is 1. The number of aromatic nitrogens is 1. The summed E-state index contributed by atoms with van der Waals surface area (Å²) in [6.07, 6.45) is 7.63. The molecule has 1 aliphatic heterocycles. The van der Waals surface area contributed by atoms with Crippen molar-refractivity contribution in [3.63, 3.8) is 0 Å². The molecule has 1 saturated heterocycles. The van der Waals surface area contributed by atoms with Gasteiger partial charge in [-0.25, -0.2) is 4.98 Å². The van der Waals surface area contributed by atoms with Crippen molar-refractivity contribution in [1.29, 1.82) is 0 Å². The fourth-order valence-corrected chi connectivity index (χ4v) is 3.90. The number of aryl methyl sites for hydroxylation is 1. The molecule has 2 aromatic rings. The largest absolute Gasteiger partial charge is 0.494 e. The lowest BCUT2D eigenvalue weighted by Crippen LogP contribution is -2.34. The zero-order valence-corrected chi connectivity index (χ0v) is 18.3. The van der Waals surface area contributed by atoms with E-state index < -0.39 is 0 Å². The smallest absolute Gasteiger partial charge is 0.150 e. The van der Waals surface area contributed by atoms with Crippen molar-refractivity contribution in [2.45, 2.75) is 58.8 Å². The zero-order chi connectivity index (χ0) is 20.9. The molecule has 1 aromatic carbocycles. The number of pyridine rings is 1. The Kier molecular flexibility index (Phi) is 6.94. The van der Waals surface area contributed by atoms with E-state index in [0.717, 1.165) is 61.0 Å². The molecular formula is C25H34N2O2. The molecule has 2 heterocycles. The number of carbonyl (C=O) groups is 1. The highest BCUT2D eigenvalue weighted by molar-refractivity contribution is 5.77. The molecule has 4 heteroatoms. The van der Waals surface area contributed by atoms with E-state index in [4.69, 9.17) is 9.72 Å². The maximum atomic E-state index is 10.9. The third kappa shape index (κ3) is 5.81. The Morgan fingerprint density at radius 2 is 1.93 bits per heavy atom. The number of benzene rings is 1. The van der Waals surface area contributed by atoms with Gasteiger partial charge in [-0.1, -0.05) is 26.8 Å². The van der Waals surface area contributed by atoms with Crippen LogP contribution in [0.1, 0.15) is 67.9 Å². The molecule has 29 heavy (non-hydrogen) atoms. The summed E-state index contributed by atoms with van der Waals surface area (Å²) in [5.74, 6) is 2.73. The predicted octanol–water partition coefficient (Wildman–Crippen LogP) is 5.58. The molecule has 0 aliphatic carbocycles. The van der Waals surface area contributed by atoms with E-state index in [9.17, 15) is 4.79 Å². The topological polar surface area (TPSA) is 42.4 Å². The number of hydrogen-bond acceptors (Lipinski definition) is 4. The minimum atomic E-state index is 0.149. The summed E-state index contributed by atoms with van der Waals surface area (Å²) in [4.78, 5) is 18.0. The Morgan fingerprint density at radius 1 is 1.17 bits per heavy atom. The fraction of sp³-hybridized carbons (Fsp3) is 0.520. The van der Waals surface area contributed by atoms with Gasteiger partial charge in [0, 0.05) is 24.8 Å². The number of aldehydes is 1. The third-order valence-corrected chi connectivity index (χ3v) is 5.95. The highest BCUT2D eigenvalue weighted by Gasteiger charge is 2.21. The molecule has 156 valence electrons. The minimum Gasteiger partial charge on any atom is -0.494 e. The second kappa shape index (κ2) is 9.43. The minimum absolute atomic E-state index is 0.149. The fourth-order valence-electron chi connectivity index (χ4n) is 3.90. The predicted molar refractivity (Wildman–Crippen MR) is 119 cm³/mol. The Labute approximate surface area is 175 Å². The van der Waals surface area contributed by atoms with E-state index in [2.05, 4.69) is 37.8 Å². The first-order chi connectivity index (χ1) is 13.9. The van der Waals surface area contributed by atoms with E-state index in [1.165, 1.54) is 24.8 Å². The van der Waals surface area contributed by atoms with Crippen molar-refractivity contribution in [1.82, 2.24) is 4.98 Å². The summed E-state index contributed by atoms with van der Waals surface area (Å²) in [7, 11) is 0. The number of hydrogen-bond donors (Lipinski definition) is 0. The molecule has 0 unspecified atom stereocenters. The van der Waals surface area contributed by atoms with Crippen molar-refractivity contribution in [2.24, 2.45) is 5.92 Å². The molecule has 0 bridgehead atoms. The number of nitrogens with zero attached hydrogens (tertiary/aromatic N) is 2. The standard InChI is InChI=1S/C25H34N2O2/c1-19-16-23(9-7-21(19)18-28)29-15-5-6-20-11-13-27(14-12-20)24-10-8-22(17-26-24)25(2,3)4/h7-10,16-18,20H,5-6,11-15H2,1-4H3. The van der Waals surface area contributed by atoms with Crippen molar-refractivity contribution in [2.75, 3.05) is 24.6 Å². The summed E-state index contributed by atoms with van der Waals surface area (Å²) in [5.41, 5.74) is 3.13. The first kappa shape index (κ1) is 21.4.